The van der Waals surface area contributed by atoms with Crippen LogP contribution in [-0.2, 0) is 9.59 Å². The van der Waals surface area contributed by atoms with Gasteiger partial charge < -0.3 is 19.7 Å². The van der Waals surface area contributed by atoms with Crippen LogP contribution in [0.4, 0.5) is 11.4 Å². The summed E-state index contributed by atoms with van der Waals surface area (Å²) in [6.45, 7) is 6.30. The van der Waals surface area contributed by atoms with E-state index >= 15 is 0 Å². The Kier molecular flexibility index (Phi) is 6.55. The van der Waals surface area contributed by atoms with Crippen LogP contribution in [0.25, 0.3) is 0 Å². The summed E-state index contributed by atoms with van der Waals surface area (Å²) in [6, 6.07) is 10.0. The Labute approximate surface area is 179 Å². The van der Waals surface area contributed by atoms with Gasteiger partial charge in [0.15, 0.2) is 12.7 Å². The van der Waals surface area contributed by atoms with E-state index in [1.54, 1.807) is 48.2 Å². The highest BCUT2D eigenvalue weighted by Gasteiger charge is 2.26. The van der Waals surface area contributed by atoms with E-state index in [0.29, 0.717) is 45.4 Å². The number of carbonyl (C=O) groups is 2. The van der Waals surface area contributed by atoms with Gasteiger partial charge >= 0.3 is 0 Å². The average molecular weight is 437 g/mol. The molecule has 6 nitrogen and oxygen atoms in total. The molecule has 8 heteroatoms. The second-order valence-electron chi connectivity index (χ2n) is 7.19. The molecule has 0 bridgehead atoms. The summed E-state index contributed by atoms with van der Waals surface area (Å²) in [5.74, 6) is 0.821. The van der Waals surface area contributed by atoms with Crippen molar-refractivity contribution in [3.05, 3.63) is 46.4 Å². The SMILES string of the molecule is CC(C)CN1C(=O)COc2cc(NC(=O)C(C)Oc3ccc(Cl)cc3Cl)ccc21. The van der Waals surface area contributed by atoms with Gasteiger partial charge in [-0.3, -0.25) is 9.59 Å². The molecule has 2 amide bonds. The standard InChI is InChI=1S/C21H22Cl2N2O4/c1-12(2)10-25-17-6-5-15(9-19(17)28-11-20(25)26)24-21(27)13(3)29-18-7-4-14(22)8-16(18)23/h4-9,12-13H,10-11H2,1-3H3,(H,24,27). The van der Waals surface area contributed by atoms with Gasteiger partial charge in [0.05, 0.1) is 10.7 Å². The van der Waals surface area contributed by atoms with Crippen LogP contribution >= 0.6 is 23.2 Å². The summed E-state index contributed by atoms with van der Waals surface area (Å²) >= 11 is 12.0. The fourth-order valence-corrected chi connectivity index (χ4v) is 3.36. The highest BCUT2D eigenvalue weighted by atomic mass is 35.5. The third-order valence-corrected chi connectivity index (χ3v) is 4.82. The maximum absolute atomic E-state index is 12.5. The summed E-state index contributed by atoms with van der Waals surface area (Å²) in [6.07, 6.45) is -0.787. The molecule has 3 rings (SSSR count). The van der Waals surface area contributed by atoms with Crippen molar-refractivity contribution in [3.8, 4) is 11.5 Å². The highest BCUT2D eigenvalue weighted by molar-refractivity contribution is 6.35. The van der Waals surface area contributed by atoms with Crippen LogP contribution in [0.2, 0.25) is 10.0 Å². The van der Waals surface area contributed by atoms with E-state index < -0.39 is 6.10 Å². The van der Waals surface area contributed by atoms with E-state index in [-0.39, 0.29) is 18.4 Å². The molecule has 0 saturated heterocycles. The van der Waals surface area contributed by atoms with Gasteiger partial charge in [-0.05, 0) is 43.2 Å². The molecule has 2 aromatic carbocycles. The molecule has 0 aromatic heterocycles. The lowest BCUT2D eigenvalue weighted by Crippen LogP contribution is -2.41. The maximum Gasteiger partial charge on any atom is 0.265 e. The van der Waals surface area contributed by atoms with Crippen molar-refractivity contribution in [2.24, 2.45) is 5.92 Å². The summed E-state index contributed by atoms with van der Waals surface area (Å²) in [5.41, 5.74) is 1.25. The van der Waals surface area contributed by atoms with Crippen molar-refractivity contribution in [1.29, 1.82) is 0 Å². The van der Waals surface area contributed by atoms with Crippen molar-refractivity contribution in [2.75, 3.05) is 23.4 Å². The predicted molar refractivity (Wildman–Crippen MR) is 114 cm³/mol. The van der Waals surface area contributed by atoms with Gasteiger partial charge in [-0.15, -0.1) is 0 Å². The minimum Gasteiger partial charge on any atom is -0.481 e. The number of hydrogen-bond acceptors (Lipinski definition) is 4. The van der Waals surface area contributed by atoms with Crippen LogP contribution in [0.3, 0.4) is 0 Å². The lowest BCUT2D eigenvalue weighted by molar-refractivity contribution is -0.122. The lowest BCUT2D eigenvalue weighted by Gasteiger charge is -2.31. The van der Waals surface area contributed by atoms with Crippen LogP contribution in [0.5, 0.6) is 11.5 Å². The molecular weight excluding hydrogens is 415 g/mol. The van der Waals surface area contributed by atoms with E-state index in [1.165, 1.54) is 0 Å². The third-order valence-electron chi connectivity index (χ3n) is 4.28. The molecule has 0 spiro atoms. The third kappa shape index (κ3) is 5.14. The summed E-state index contributed by atoms with van der Waals surface area (Å²) in [7, 11) is 0. The summed E-state index contributed by atoms with van der Waals surface area (Å²) in [4.78, 5) is 26.4. The molecule has 1 atom stereocenters. The first-order valence-electron chi connectivity index (χ1n) is 9.24. The number of halogens is 2. The van der Waals surface area contributed by atoms with Gasteiger partial charge in [0.1, 0.15) is 11.5 Å². The molecule has 1 aliphatic heterocycles. The zero-order chi connectivity index (χ0) is 21.1. The number of fused-ring (bicyclic) bond motifs is 1. The topological polar surface area (TPSA) is 67.9 Å². The zero-order valence-electron chi connectivity index (χ0n) is 16.4. The Morgan fingerprint density at radius 3 is 2.66 bits per heavy atom. The molecule has 0 saturated carbocycles. The first kappa shape index (κ1) is 21.3. The number of hydrogen-bond donors (Lipinski definition) is 1. The molecule has 1 aliphatic rings. The number of benzene rings is 2. The van der Waals surface area contributed by atoms with Crippen LogP contribution in [0.15, 0.2) is 36.4 Å². The number of rotatable bonds is 6. The predicted octanol–water partition coefficient (Wildman–Crippen LogP) is 4.78. The van der Waals surface area contributed by atoms with E-state index in [2.05, 4.69) is 5.32 Å². The molecule has 29 heavy (non-hydrogen) atoms. The molecule has 1 N–H and O–H groups in total. The number of nitrogens with one attached hydrogen (secondary N) is 1. The molecule has 0 radical (unpaired) electrons. The van der Waals surface area contributed by atoms with Crippen molar-refractivity contribution in [1.82, 2.24) is 0 Å². The monoisotopic (exact) mass is 436 g/mol. The molecule has 1 heterocycles. The van der Waals surface area contributed by atoms with Gasteiger partial charge in [0, 0.05) is 23.3 Å². The zero-order valence-corrected chi connectivity index (χ0v) is 17.9. The van der Waals surface area contributed by atoms with E-state index in [1.807, 2.05) is 13.8 Å². The van der Waals surface area contributed by atoms with Crippen LogP contribution in [0, 0.1) is 5.92 Å². The van der Waals surface area contributed by atoms with E-state index in [9.17, 15) is 9.59 Å². The highest BCUT2D eigenvalue weighted by Crippen LogP contribution is 2.35. The van der Waals surface area contributed by atoms with Crippen LogP contribution in [-0.4, -0.2) is 31.1 Å². The fourth-order valence-electron chi connectivity index (χ4n) is 2.91. The van der Waals surface area contributed by atoms with Gasteiger partial charge in [-0.1, -0.05) is 37.0 Å². The number of ether oxygens (including phenoxy) is 2. The van der Waals surface area contributed by atoms with Gasteiger partial charge in [-0.25, -0.2) is 0 Å². The first-order chi connectivity index (χ1) is 13.7. The molecule has 0 fully saturated rings. The van der Waals surface area contributed by atoms with Crippen molar-refractivity contribution >= 4 is 46.4 Å². The van der Waals surface area contributed by atoms with E-state index in [0.717, 1.165) is 0 Å². The van der Waals surface area contributed by atoms with Gasteiger partial charge in [0.2, 0.25) is 0 Å². The van der Waals surface area contributed by atoms with Gasteiger partial charge in [-0.2, -0.15) is 0 Å². The minimum atomic E-state index is -0.787. The number of amides is 2. The summed E-state index contributed by atoms with van der Waals surface area (Å²) < 4.78 is 11.2. The Balaban J connectivity index is 1.70. The Hall–Kier alpha value is -2.44. The molecule has 2 aromatic rings. The smallest absolute Gasteiger partial charge is 0.265 e. The molecule has 154 valence electrons. The van der Waals surface area contributed by atoms with Crippen molar-refractivity contribution in [3.63, 3.8) is 0 Å². The van der Waals surface area contributed by atoms with Crippen LogP contribution < -0.4 is 19.7 Å². The second kappa shape index (κ2) is 8.93. The lowest BCUT2D eigenvalue weighted by atomic mass is 10.1. The minimum absolute atomic E-state index is 0.0221. The van der Waals surface area contributed by atoms with Gasteiger partial charge in [0.25, 0.3) is 11.8 Å². The Morgan fingerprint density at radius 1 is 1.21 bits per heavy atom. The van der Waals surface area contributed by atoms with Crippen LogP contribution in [0.1, 0.15) is 20.8 Å². The van der Waals surface area contributed by atoms with E-state index in [4.69, 9.17) is 32.7 Å². The molecule has 1 unspecified atom stereocenters. The molecule has 0 aliphatic carbocycles. The van der Waals surface area contributed by atoms with Crippen molar-refractivity contribution in [2.45, 2.75) is 26.9 Å². The number of nitrogens with zero attached hydrogens (tertiary/aromatic N) is 1. The largest absolute Gasteiger partial charge is 0.481 e. The fraction of sp³-hybridized carbons (Fsp3) is 0.333. The first-order valence-corrected chi connectivity index (χ1v) is 10.00. The molecular formula is C21H22Cl2N2O4. The van der Waals surface area contributed by atoms with Crippen molar-refractivity contribution < 1.29 is 19.1 Å². The quantitative estimate of drug-likeness (QED) is 0.707. The number of anilines is 2. The number of carbonyl (C=O) groups excluding carboxylic acids is 2. The maximum atomic E-state index is 12.5. The second-order valence-corrected chi connectivity index (χ2v) is 8.04. The summed E-state index contributed by atoms with van der Waals surface area (Å²) in [5, 5.41) is 3.61. The normalized spacial score (nSPS) is 14.3. The Bertz CT molecular complexity index is 933. The Morgan fingerprint density at radius 2 is 1.97 bits per heavy atom. The average Bonchev–Trinajstić information content (AvgIpc) is 2.66.